The molecular weight excluding hydrogens is 208 g/mol. The second-order valence-corrected chi connectivity index (χ2v) is 4.24. The summed E-state index contributed by atoms with van der Waals surface area (Å²) < 4.78 is 4.90. The highest BCUT2D eigenvalue weighted by atomic mass is 16.5. The van der Waals surface area contributed by atoms with Crippen molar-refractivity contribution in [1.29, 1.82) is 0 Å². The predicted octanol–water partition coefficient (Wildman–Crippen LogP) is 5.52. The van der Waals surface area contributed by atoms with E-state index in [1.165, 1.54) is 51.4 Å². The zero-order chi connectivity index (χ0) is 13.2. The molecule has 0 aromatic heterocycles. The van der Waals surface area contributed by atoms with E-state index in [2.05, 4.69) is 27.0 Å². The van der Waals surface area contributed by atoms with Crippen LogP contribution < -0.4 is 0 Å². The Bertz CT molecular complexity index is 124. The Balaban J connectivity index is 0. The Morgan fingerprint density at radius 1 is 0.706 bits per heavy atom. The van der Waals surface area contributed by atoms with E-state index in [4.69, 9.17) is 4.74 Å². The molecule has 0 aromatic carbocycles. The molecule has 0 bridgehead atoms. The molecule has 0 heterocycles. The third-order valence-electron chi connectivity index (χ3n) is 2.43. The first-order valence-electron chi connectivity index (χ1n) is 7.12. The zero-order valence-corrected chi connectivity index (χ0v) is 12.0. The fourth-order valence-corrected chi connectivity index (χ4v) is 1.44. The van der Waals surface area contributed by atoms with Gasteiger partial charge in [-0.15, -0.1) is 13.2 Å². The van der Waals surface area contributed by atoms with E-state index in [0.717, 1.165) is 0 Å². The molecule has 0 unspecified atom stereocenters. The topological polar surface area (TPSA) is 9.23 Å². The van der Waals surface area contributed by atoms with Crippen molar-refractivity contribution in [2.75, 3.05) is 13.2 Å². The normalized spacial score (nSPS) is 9.29. The van der Waals surface area contributed by atoms with Gasteiger partial charge in [0.2, 0.25) is 0 Å². The molecular formula is C16H32O. The largest absolute Gasteiger partial charge is 0.373 e. The van der Waals surface area contributed by atoms with Crippen LogP contribution in [0.25, 0.3) is 0 Å². The van der Waals surface area contributed by atoms with Gasteiger partial charge in [0.25, 0.3) is 0 Å². The Kier molecular flexibility index (Phi) is 23.0. The van der Waals surface area contributed by atoms with Gasteiger partial charge < -0.3 is 4.74 Å². The average Bonchev–Trinajstić information content (AvgIpc) is 2.35. The Morgan fingerprint density at radius 2 is 1.06 bits per heavy atom. The molecule has 0 radical (unpaired) electrons. The molecule has 0 saturated carbocycles. The van der Waals surface area contributed by atoms with Crippen molar-refractivity contribution >= 4 is 0 Å². The van der Waals surface area contributed by atoms with Crippen LogP contribution >= 0.6 is 0 Å². The highest BCUT2D eigenvalue weighted by Gasteiger charge is 1.87. The molecule has 1 heteroatoms. The van der Waals surface area contributed by atoms with Crippen LogP contribution in [0.1, 0.15) is 65.2 Å². The summed E-state index contributed by atoms with van der Waals surface area (Å²) in [5.41, 5.74) is 0. The standard InChI is InChI=1S/C10H22.C6H10O/c1-3-5-7-9-10-8-6-4-2;1-3-5-7-6-4-2/h3-10H2,1-2H3;3-4H,1-2,5-6H2. The summed E-state index contributed by atoms with van der Waals surface area (Å²) in [4.78, 5) is 0. The Hall–Kier alpha value is -0.560. The second-order valence-electron chi connectivity index (χ2n) is 4.24. The molecule has 102 valence electrons. The van der Waals surface area contributed by atoms with Gasteiger partial charge in [-0.3, -0.25) is 0 Å². The van der Waals surface area contributed by atoms with Crippen LogP contribution in [0.3, 0.4) is 0 Å². The van der Waals surface area contributed by atoms with Crippen molar-refractivity contribution in [3.05, 3.63) is 25.3 Å². The molecule has 0 saturated heterocycles. The van der Waals surface area contributed by atoms with E-state index < -0.39 is 0 Å². The van der Waals surface area contributed by atoms with Gasteiger partial charge in [-0.1, -0.05) is 77.4 Å². The van der Waals surface area contributed by atoms with Crippen molar-refractivity contribution in [2.45, 2.75) is 65.2 Å². The number of ether oxygens (including phenoxy) is 1. The minimum atomic E-state index is 0.617. The smallest absolute Gasteiger partial charge is 0.0649 e. The van der Waals surface area contributed by atoms with Gasteiger partial charge >= 0.3 is 0 Å². The molecule has 0 aliphatic rings. The lowest BCUT2D eigenvalue weighted by Crippen LogP contribution is -1.87. The van der Waals surface area contributed by atoms with Crippen molar-refractivity contribution in [3.8, 4) is 0 Å². The first-order chi connectivity index (χ1) is 8.33. The number of rotatable bonds is 11. The lowest BCUT2D eigenvalue weighted by molar-refractivity contribution is 0.194. The first kappa shape index (κ1) is 18.8. The summed E-state index contributed by atoms with van der Waals surface area (Å²) in [6, 6.07) is 0. The van der Waals surface area contributed by atoms with Crippen molar-refractivity contribution < 1.29 is 4.74 Å². The van der Waals surface area contributed by atoms with E-state index in [1.807, 2.05) is 0 Å². The second kappa shape index (κ2) is 20.8. The molecule has 17 heavy (non-hydrogen) atoms. The number of hydrogen-bond acceptors (Lipinski definition) is 1. The van der Waals surface area contributed by atoms with Gasteiger partial charge in [-0.05, 0) is 0 Å². The van der Waals surface area contributed by atoms with Crippen LogP contribution in [-0.4, -0.2) is 13.2 Å². The van der Waals surface area contributed by atoms with E-state index in [-0.39, 0.29) is 0 Å². The maximum atomic E-state index is 4.90. The van der Waals surface area contributed by atoms with Gasteiger partial charge in [0.1, 0.15) is 0 Å². The summed E-state index contributed by atoms with van der Waals surface area (Å²) in [5, 5.41) is 0. The monoisotopic (exact) mass is 240 g/mol. The summed E-state index contributed by atoms with van der Waals surface area (Å²) >= 11 is 0. The molecule has 0 fully saturated rings. The summed E-state index contributed by atoms with van der Waals surface area (Å²) in [6.07, 6.45) is 14.9. The Morgan fingerprint density at radius 3 is 1.35 bits per heavy atom. The molecule has 0 aliphatic heterocycles. The maximum absolute atomic E-state index is 4.90. The molecule has 1 nitrogen and oxygen atoms in total. The molecule has 0 atom stereocenters. The predicted molar refractivity (Wildman–Crippen MR) is 79.5 cm³/mol. The van der Waals surface area contributed by atoms with Crippen LogP contribution in [0.15, 0.2) is 25.3 Å². The van der Waals surface area contributed by atoms with Crippen LogP contribution in [-0.2, 0) is 4.74 Å². The third kappa shape index (κ3) is 25.6. The SMILES string of the molecule is C=CCOCC=C.CCCCCCCCCC. The van der Waals surface area contributed by atoms with Gasteiger partial charge in [0.15, 0.2) is 0 Å². The van der Waals surface area contributed by atoms with E-state index >= 15 is 0 Å². The van der Waals surface area contributed by atoms with Crippen LogP contribution in [0.2, 0.25) is 0 Å². The highest BCUT2D eigenvalue weighted by Crippen LogP contribution is 2.07. The molecule has 0 aromatic rings. The van der Waals surface area contributed by atoms with Gasteiger partial charge in [0.05, 0.1) is 13.2 Å². The van der Waals surface area contributed by atoms with Crippen LogP contribution in [0.4, 0.5) is 0 Å². The fraction of sp³-hybridized carbons (Fsp3) is 0.750. The first-order valence-corrected chi connectivity index (χ1v) is 7.12. The third-order valence-corrected chi connectivity index (χ3v) is 2.43. The number of hydrogen-bond donors (Lipinski definition) is 0. The highest BCUT2D eigenvalue weighted by molar-refractivity contribution is 4.68. The van der Waals surface area contributed by atoms with Gasteiger partial charge in [-0.2, -0.15) is 0 Å². The lowest BCUT2D eigenvalue weighted by Gasteiger charge is -1.97. The Labute approximate surface area is 109 Å². The lowest BCUT2D eigenvalue weighted by atomic mass is 10.1. The summed E-state index contributed by atoms with van der Waals surface area (Å²) in [7, 11) is 0. The molecule has 0 rings (SSSR count). The van der Waals surface area contributed by atoms with Gasteiger partial charge in [0, 0.05) is 0 Å². The van der Waals surface area contributed by atoms with E-state index in [1.54, 1.807) is 12.2 Å². The molecule has 0 spiro atoms. The quantitative estimate of drug-likeness (QED) is 0.341. The zero-order valence-electron chi connectivity index (χ0n) is 12.0. The van der Waals surface area contributed by atoms with Crippen molar-refractivity contribution in [2.24, 2.45) is 0 Å². The van der Waals surface area contributed by atoms with Crippen LogP contribution in [0.5, 0.6) is 0 Å². The van der Waals surface area contributed by atoms with Crippen molar-refractivity contribution in [1.82, 2.24) is 0 Å². The van der Waals surface area contributed by atoms with E-state index in [0.29, 0.717) is 13.2 Å². The fourth-order valence-electron chi connectivity index (χ4n) is 1.44. The maximum Gasteiger partial charge on any atom is 0.0649 e. The van der Waals surface area contributed by atoms with Gasteiger partial charge in [-0.25, -0.2) is 0 Å². The minimum Gasteiger partial charge on any atom is -0.373 e. The van der Waals surface area contributed by atoms with E-state index in [9.17, 15) is 0 Å². The molecule has 0 N–H and O–H groups in total. The average molecular weight is 240 g/mol. The van der Waals surface area contributed by atoms with Crippen LogP contribution in [0, 0.1) is 0 Å². The number of unbranched alkanes of at least 4 members (excludes halogenated alkanes) is 7. The minimum absolute atomic E-state index is 0.617. The molecule has 0 aliphatic carbocycles. The van der Waals surface area contributed by atoms with Crippen molar-refractivity contribution in [3.63, 3.8) is 0 Å². The summed E-state index contributed by atoms with van der Waals surface area (Å²) in [6.45, 7) is 12.7. The summed E-state index contributed by atoms with van der Waals surface area (Å²) in [5.74, 6) is 0. The molecule has 0 amide bonds.